The molecule has 0 aliphatic heterocycles. The Bertz CT molecular complexity index is 2460. The SMILES string of the molecule is c1ccc(-c2ccc(-c3ccccc3-c3c4ccccc4c(-c4ccc5oc6ccccc6c5c4)c4ccccc34)cc2)cc1. The second-order valence-corrected chi connectivity index (χ2v) is 11.6. The van der Waals surface area contributed by atoms with Crippen molar-refractivity contribution in [1.29, 1.82) is 0 Å². The summed E-state index contributed by atoms with van der Waals surface area (Å²) in [6.45, 7) is 0. The summed E-state index contributed by atoms with van der Waals surface area (Å²) in [5, 5.41) is 7.27. The van der Waals surface area contributed by atoms with E-state index in [0.29, 0.717) is 0 Å². The molecule has 0 spiro atoms. The lowest BCUT2D eigenvalue weighted by molar-refractivity contribution is 0.669. The van der Waals surface area contributed by atoms with Crippen molar-refractivity contribution < 1.29 is 4.42 Å². The molecule has 9 aromatic rings. The predicted molar refractivity (Wildman–Crippen MR) is 190 cm³/mol. The van der Waals surface area contributed by atoms with E-state index < -0.39 is 0 Å². The van der Waals surface area contributed by atoms with Gasteiger partial charge in [0.25, 0.3) is 0 Å². The third-order valence-corrected chi connectivity index (χ3v) is 9.10. The molecule has 0 amide bonds. The van der Waals surface area contributed by atoms with E-state index in [0.717, 1.165) is 21.9 Å². The molecule has 1 heteroatoms. The first-order valence-electron chi connectivity index (χ1n) is 15.4. The number of hydrogen-bond acceptors (Lipinski definition) is 1. The van der Waals surface area contributed by atoms with Gasteiger partial charge in [0.15, 0.2) is 0 Å². The Labute approximate surface area is 261 Å². The maximum absolute atomic E-state index is 6.18. The Morgan fingerprint density at radius 1 is 0.267 bits per heavy atom. The number of benzene rings is 8. The van der Waals surface area contributed by atoms with Crippen LogP contribution in [0.25, 0.3) is 88.0 Å². The summed E-state index contributed by atoms with van der Waals surface area (Å²) < 4.78 is 6.18. The van der Waals surface area contributed by atoms with Crippen molar-refractivity contribution in [2.75, 3.05) is 0 Å². The minimum absolute atomic E-state index is 0.914. The topological polar surface area (TPSA) is 13.1 Å². The number of para-hydroxylation sites is 1. The van der Waals surface area contributed by atoms with E-state index in [1.807, 2.05) is 12.1 Å². The zero-order valence-electron chi connectivity index (χ0n) is 24.6. The molecule has 0 aliphatic carbocycles. The first-order valence-corrected chi connectivity index (χ1v) is 15.4. The molecule has 0 radical (unpaired) electrons. The van der Waals surface area contributed by atoms with Crippen LogP contribution in [0.5, 0.6) is 0 Å². The highest BCUT2D eigenvalue weighted by atomic mass is 16.3. The third-order valence-electron chi connectivity index (χ3n) is 9.10. The average Bonchev–Trinajstić information content (AvgIpc) is 3.49. The summed E-state index contributed by atoms with van der Waals surface area (Å²) in [7, 11) is 0. The highest BCUT2D eigenvalue weighted by Crippen LogP contribution is 2.46. The van der Waals surface area contributed by atoms with Crippen molar-refractivity contribution in [3.63, 3.8) is 0 Å². The molecule has 8 aromatic carbocycles. The van der Waals surface area contributed by atoms with Crippen LogP contribution in [-0.2, 0) is 0 Å². The Hall–Kier alpha value is -5.92. The van der Waals surface area contributed by atoms with Crippen LogP contribution in [-0.4, -0.2) is 0 Å². The minimum atomic E-state index is 0.914. The zero-order chi connectivity index (χ0) is 29.7. The van der Waals surface area contributed by atoms with Crippen LogP contribution < -0.4 is 0 Å². The fourth-order valence-corrected chi connectivity index (χ4v) is 7.04. The number of fused-ring (bicyclic) bond motifs is 5. The third kappa shape index (κ3) is 4.17. The standard InChI is InChI=1S/C44H28O/c1-2-12-29(13-3-1)30-22-24-31(25-23-30)33-14-4-5-16-35(33)44-38-19-8-6-17-36(38)43(37-18-7-9-20-39(37)44)32-26-27-42-40(28-32)34-15-10-11-21-41(34)45-42/h1-28H. The molecular formula is C44H28O. The molecule has 0 saturated carbocycles. The second kappa shape index (κ2) is 10.4. The monoisotopic (exact) mass is 572 g/mol. The molecule has 0 atom stereocenters. The molecule has 0 aliphatic rings. The van der Waals surface area contributed by atoms with Crippen LogP contribution in [0.15, 0.2) is 174 Å². The van der Waals surface area contributed by atoms with E-state index in [4.69, 9.17) is 4.42 Å². The zero-order valence-corrected chi connectivity index (χ0v) is 24.6. The summed E-state index contributed by atoms with van der Waals surface area (Å²) in [6, 6.07) is 61.0. The van der Waals surface area contributed by atoms with Crippen molar-refractivity contribution in [3.05, 3.63) is 170 Å². The molecular weight excluding hydrogens is 544 g/mol. The lowest BCUT2D eigenvalue weighted by atomic mass is 9.83. The normalized spacial score (nSPS) is 11.6. The van der Waals surface area contributed by atoms with Crippen molar-refractivity contribution in [1.82, 2.24) is 0 Å². The van der Waals surface area contributed by atoms with Gasteiger partial charge in [0, 0.05) is 10.8 Å². The molecule has 0 saturated heterocycles. The van der Waals surface area contributed by atoms with E-state index in [-0.39, 0.29) is 0 Å². The van der Waals surface area contributed by atoms with Crippen molar-refractivity contribution in [3.8, 4) is 44.5 Å². The van der Waals surface area contributed by atoms with Gasteiger partial charge >= 0.3 is 0 Å². The highest BCUT2D eigenvalue weighted by molar-refractivity contribution is 6.23. The molecule has 9 rings (SSSR count). The molecule has 0 bridgehead atoms. The Balaban J connectivity index is 1.29. The quantitative estimate of drug-likeness (QED) is 0.191. The summed E-state index contributed by atoms with van der Waals surface area (Å²) in [5.74, 6) is 0. The number of furan rings is 1. The molecule has 1 aromatic heterocycles. The first-order chi connectivity index (χ1) is 22.3. The lowest BCUT2D eigenvalue weighted by Gasteiger charge is -2.20. The van der Waals surface area contributed by atoms with E-state index in [9.17, 15) is 0 Å². The molecule has 45 heavy (non-hydrogen) atoms. The Kier molecular flexibility index (Phi) is 5.89. The van der Waals surface area contributed by atoms with Crippen molar-refractivity contribution in [2.45, 2.75) is 0 Å². The van der Waals surface area contributed by atoms with Crippen LogP contribution >= 0.6 is 0 Å². The van der Waals surface area contributed by atoms with Gasteiger partial charge in [-0.25, -0.2) is 0 Å². The van der Waals surface area contributed by atoms with Crippen molar-refractivity contribution in [2.24, 2.45) is 0 Å². The summed E-state index contributed by atoms with van der Waals surface area (Å²) in [4.78, 5) is 0. The molecule has 0 N–H and O–H groups in total. The van der Waals surface area contributed by atoms with Crippen LogP contribution in [0, 0.1) is 0 Å². The summed E-state index contributed by atoms with van der Waals surface area (Å²) in [5.41, 5.74) is 11.7. The van der Waals surface area contributed by atoms with Gasteiger partial charge in [-0.15, -0.1) is 0 Å². The predicted octanol–water partition coefficient (Wildman–Crippen LogP) is 12.6. The number of rotatable bonds is 4. The average molecular weight is 573 g/mol. The number of hydrogen-bond donors (Lipinski definition) is 0. The second-order valence-electron chi connectivity index (χ2n) is 11.6. The maximum atomic E-state index is 6.18. The van der Waals surface area contributed by atoms with Gasteiger partial charge < -0.3 is 4.42 Å². The van der Waals surface area contributed by atoms with E-state index in [1.54, 1.807) is 0 Å². The van der Waals surface area contributed by atoms with Gasteiger partial charge in [0.1, 0.15) is 11.2 Å². The van der Waals surface area contributed by atoms with Crippen molar-refractivity contribution >= 4 is 43.5 Å². The maximum Gasteiger partial charge on any atom is 0.135 e. The fraction of sp³-hybridized carbons (Fsp3) is 0. The molecule has 0 fully saturated rings. The van der Waals surface area contributed by atoms with E-state index in [1.165, 1.54) is 66.1 Å². The van der Waals surface area contributed by atoms with Gasteiger partial charge in [-0.3, -0.25) is 0 Å². The fourth-order valence-electron chi connectivity index (χ4n) is 7.04. The van der Waals surface area contributed by atoms with E-state index >= 15 is 0 Å². The van der Waals surface area contributed by atoms with Crippen LogP contribution in [0.3, 0.4) is 0 Å². The smallest absolute Gasteiger partial charge is 0.135 e. The van der Waals surface area contributed by atoms with Gasteiger partial charge in [0.2, 0.25) is 0 Å². The van der Waals surface area contributed by atoms with Crippen LogP contribution in [0.2, 0.25) is 0 Å². The first kappa shape index (κ1) is 25.6. The van der Waals surface area contributed by atoms with Crippen LogP contribution in [0.4, 0.5) is 0 Å². The van der Waals surface area contributed by atoms with Gasteiger partial charge in [-0.1, -0.05) is 152 Å². The largest absolute Gasteiger partial charge is 0.456 e. The molecule has 210 valence electrons. The molecule has 1 nitrogen and oxygen atoms in total. The highest BCUT2D eigenvalue weighted by Gasteiger charge is 2.19. The molecule has 1 heterocycles. The Morgan fingerprint density at radius 2 is 0.733 bits per heavy atom. The van der Waals surface area contributed by atoms with Gasteiger partial charge in [0.05, 0.1) is 0 Å². The Morgan fingerprint density at radius 3 is 1.42 bits per heavy atom. The minimum Gasteiger partial charge on any atom is -0.456 e. The lowest BCUT2D eigenvalue weighted by Crippen LogP contribution is -1.92. The summed E-state index contributed by atoms with van der Waals surface area (Å²) in [6.07, 6.45) is 0. The van der Waals surface area contributed by atoms with Gasteiger partial charge in [-0.05, 0) is 84.3 Å². The molecule has 0 unspecified atom stereocenters. The van der Waals surface area contributed by atoms with Crippen LogP contribution in [0.1, 0.15) is 0 Å². The van der Waals surface area contributed by atoms with E-state index in [2.05, 4.69) is 158 Å². The van der Waals surface area contributed by atoms with Gasteiger partial charge in [-0.2, -0.15) is 0 Å². The summed E-state index contributed by atoms with van der Waals surface area (Å²) >= 11 is 0.